The lowest BCUT2D eigenvalue weighted by Gasteiger charge is -2.15. The molecule has 3 amide bonds. The molecule has 1 unspecified atom stereocenters. The van der Waals surface area contributed by atoms with Crippen LogP contribution in [-0.4, -0.2) is 33.1 Å². The Morgan fingerprint density at radius 2 is 1.82 bits per heavy atom. The van der Waals surface area contributed by atoms with Crippen LogP contribution in [0.3, 0.4) is 0 Å². The number of hydrogen-bond donors (Lipinski definition) is 3. The maximum atomic E-state index is 13.3. The number of amides is 3. The first-order valence-corrected chi connectivity index (χ1v) is 13.1. The van der Waals surface area contributed by atoms with Gasteiger partial charge in [0.2, 0.25) is 5.91 Å². The second-order valence-corrected chi connectivity index (χ2v) is 9.75. The van der Waals surface area contributed by atoms with Gasteiger partial charge in [-0.15, -0.1) is 11.8 Å². The van der Waals surface area contributed by atoms with E-state index < -0.39 is 11.8 Å². The third-order valence-corrected chi connectivity index (χ3v) is 6.79. The Bertz CT molecular complexity index is 1470. The fourth-order valence-electron chi connectivity index (χ4n) is 3.53. The van der Waals surface area contributed by atoms with E-state index in [-0.39, 0.29) is 16.9 Å². The van der Waals surface area contributed by atoms with E-state index in [0.717, 1.165) is 4.90 Å². The lowest BCUT2D eigenvalue weighted by Crippen LogP contribution is -2.30. The van der Waals surface area contributed by atoms with Gasteiger partial charge in [-0.1, -0.05) is 42.4 Å². The number of aromatic nitrogens is 2. The number of carbonyl (C=O) groups is 3. The first kappa shape index (κ1) is 27.3. The maximum Gasteiger partial charge on any atom is 0.272 e. The number of nitrogens with one attached hydrogen (secondary N) is 3. The molecule has 2 aromatic heterocycles. The Labute approximate surface area is 230 Å². The summed E-state index contributed by atoms with van der Waals surface area (Å²) in [5, 5.41) is 11.7. The monoisotopic (exact) mass is 541 g/mol. The summed E-state index contributed by atoms with van der Waals surface area (Å²) in [4.78, 5) is 43.7. The van der Waals surface area contributed by atoms with E-state index in [0.29, 0.717) is 34.8 Å². The molecule has 0 aliphatic heterocycles. The number of carbonyl (C=O) groups excluding carboxylic acids is 3. The summed E-state index contributed by atoms with van der Waals surface area (Å²) in [6.07, 6.45) is 5.35. The van der Waals surface area contributed by atoms with Gasteiger partial charge in [0.05, 0.1) is 5.25 Å². The predicted octanol–water partition coefficient (Wildman–Crippen LogP) is 5.30. The molecule has 2 aromatic carbocycles. The maximum absolute atomic E-state index is 13.3. The van der Waals surface area contributed by atoms with Crippen molar-refractivity contribution in [2.45, 2.75) is 30.4 Å². The Hall–Kier alpha value is -4.70. The highest BCUT2D eigenvalue weighted by molar-refractivity contribution is 8.00. The van der Waals surface area contributed by atoms with Gasteiger partial charge in [0.25, 0.3) is 11.8 Å². The smallest absolute Gasteiger partial charge is 0.272 e. The molecule has 2 heterocycles. The summed E-state index contributed by atoms with van der Waals surface area (Å²) < 4.78 is 5.01. The van der Waals surface area contributed by atoms with Crippen molar-refractivity contribution in [3.8, 4) is 0 Å². The summed E-state index contributed by atoms with van der Waals surface area (Å²) in [5.74, 6) is -0.147. The Morgan fingerprint density at radius 1 is 1.00 bits per heavy atom. The van der Waals surface area contributed by atoms with Crippen LogP contribution < -0.4 is 16.0 Å². The van der Waals surface area contributed by atoms with Crippen LogP contribution in [0.25, 0.3) is 6.08 Å². The SMILES string of the molecule is CCC(Sc1cccc(NC(=O)/C(=C/c2cccnc2)NC(=O)c2ccccc2)c1)C(=O)Nc1cc(C)on1. The molecule has 0 bridgehead atoms. The number of anilines is 2. The molecule has 4 aromatic rings. The van der Waals surface area contributed by atoms with Gasteiger partial charge in [0.1, 0.15) is 11.5 Å². The summed E-state index contributed by atoms with van der Waals surface area (Å²) in [6, 6.07) is 21.0. The van der Waals surface area contributed by atoms with Crippen LogP contribution in [0.5, 0.6) is 0 Å². The van der Waals surface area contributed by atoms with Crippen molar-refractivity contribution in [1.29, 1.82) is 0 Å². The number of nitrogens with zero attached hydrogens (tertiary/aromatic N) is 2. The van der Waals surface area contributed by atoms with E-state index >= 15 is 0 Å². The zero-order chi connectivity index (χ0) is 27.6. The Balaban J connectivity index is 1.48. The molecule has 0 fully saturated rings. The number of thioether (sulfide) groups is 1. The highest BCUT2D eigenvalue weighted by Crippen LogP contribution is 2.28. The molecule has 9 nitrogen and oxygen atoms in total. The van der Waals surface area contributed by atoms with Gasteiger partial charge in [-0.25, -0.2) is 0 Å². The summed E-state index contributed by atoms with van der Waals surface area (Å²) >= 11 is 1.37. The summed E-state index contributed by atoms with van der Waals surface area (Å²) in [5.41, 5.74) is 1.65. The predicted molar refractivity (Wildman–Crippen MR) is 151 cm³/mol. The number of rotatable bonds is 10. The van der Waals surface area contributed by atoms with Crippen molar-refractivity contribution in [3.05, 3.63) is 108 Å². The average Bonchev–Trinajstić information content (AvgIpc) is 3.36. The Kier molecular flexibility index (Phi) is 9.25. The van der Waals surface area contributed by atoms with Gasteiger partial charge < -0.3 is 20.5 Å². The van der Waals surface area contributed by atoms with Gasteiger partial charge in [-0.2, -0.15) is 0 Å². The lowest BCUT2D eigenvalue weighted by atomic mass is 10.2. The van der Waals surface area contributed by atoms with Crippen molar-refractivity contribution < 1.29 is 18.9 Å². The van der Waals surface area contributed by atoms with Gasteiger partial charge >= 0.3 is 0 Å². The van der Waals surface area contributed by atoms with E-state index in [1.807, 2.05) is 19.1 Å². The minimum Gasteiger partial charge on any atom is -0.360 e. The highest BCUT2D eigenvalue weighted by Gasteiger charge is 2.20. The molecule has 0 aliphatic carbocycles. The molecule has 10 heteroatoms. The average molecular weight is 542 g/mol. The van der Waals surface area contributed by atoms with E-state index in [1.165, 1.54) is 11.8 Å². The molecule has 0 aliphatic rings. The molecule has 39 heavy (non-hydrogen) atoms. The third kappa shape index (κ3) is 7.89. The van der Waals surface area contributed by atoms with Gasteiger partial charge in [0, 0.05) is 34.6 Å². The van der Waals surface area contributed by atoms with Crippen molar-refractivity contribution in [1.82, 2.24) is 15.5 Å². The largest absolute Gasteiger partial charge is 0.360 e. The lowest BCUT2D eigenvalue weighted by molar-refractivity contribution is -0.116. The fraction of sp³-hybridized carbons (Fsp3) is 0.138. The van der Waals surface area contributed by atoms with Crippen LogP contribution in [0.2, 0.25) is 0 Å². The minimum atomic E-state index is -0.503. The van der Waals surface area contributed by atoms with E-state index in [1.54, 1.807) is 86.1 Å². The third-order valence-electron chi connectivity index (χ3n) is 5.44. The van der Waals surface area contributed by atoms with Crippen LogP contribution in [0.15, 0.2) is 100 Å². The van der Waals surface area contributed by atoms with Crippen molar-refractivity contribution in [3.63, 3.8) is 0 Å². The molecule has 0 saturated heterocycles. The zero-order valence-corrected chi connectivity index (χ0v) is 22.2. The molecular weight excluding hydrogens is 514 g/mol. The quantitative estimate of drug-likeness (QED) is 0.184. The van der Waals surface area contributed by atoms with Gasteiger partial charge in [-0.05, 0) is 61.4 Å². The zero-order valence-electron chi connectivity index (χ0n) is 21.4. The van der Waals surface area contributed by atoms with Crippen LogP contribution in [0, 0.1) is 6.92 Å². The van der Waals surface area contributed by atoms with Crippen molar-refractivity contribution >= 4 is 47.1 Å². The van der Waals surface area contributed by atoms with Crippen LogP contribution in [-0.2, 0) is 9.59 Å². The molecule has 1 atom stereocenters. The molecular formula is C29H27N5O4S. The number of benzene rings is 2. The number of aryl methyl sites for hydroxylation is 1. The standard InChI is InChI=1S/C29H27N5O4S/c1-3-25(29(37)33-26-15-19(2)38-34-26)39-23-13-7-12-22(17-23)31-28(36)24(16-20-9-8-14-30-18-20)32-27(35)21-10-5-4-6-11-21/h4-18,25H,3H2,1-2H3,(H,31,36)(H,32,35)(H,33,34,37)/b24-16-. The van der Waals surface area contributed by atoms with Gasteiger partial charge in [0.15, 0.2) is 5.82 Å². The molecule has 0 saturated carbocycles. The first-order valence-electron chi connectivity index (χ1n) is 12.2. The topological polar surface area (TPSA) is 126 Å². The van der Waals surface area contributed by atoms with Crippen molar-refractivity contribution in [2.75, 3.05) is 10.6 Å². The molecule has 0 radical (unpaired) electrons. The molecule has 198 valence electrons. The van der Waals surface area contributed by atoms with Gasteiger partial charge in [-0.3, -0.25) is 19.4 Å². The van der Waals surface area contributed by atoms with E-state index in [9.17, 15) is 14.4 Å². The number of hydrogen-bond acceptors (Lipinski definition) is 7. The second kappa shape index (κ2) is 13.2. The fourth-order valence-corrected chi connectivity index (χ4v) is 4.55. The van der Waals surface area contributed by atoms with Crippen LogP contribution >= 0.6 is 11.8 Å². The first-order chi connectivity index (χ1) is 18.9. The van der Waals surface area contributed by atoms with Crippen molar-refractivity contribution in [2.24, 2.45) is 0 Å². The summed E-state index contributed by atoms with van der Waals surface area (Å²) in [6.45, 7) is 3.67. The van der Waals surface area contributed by atoms with E-state index in [2.05, 4.69) is 26.1 Å². The minimum absolute atomic E-state index is 0.0589. The molecule has 3 N–H and O–H groups in total. The van der Waals surface area contributed by atoms with E-state index in [4.69, 9.17) is 4.52 Å². The highest BCUT2D eigenvalue weighted by atomic mass is 32.2. The number of pyridine rings is 1. The normalized spacial score (nSPS) is 11.9. The van der Waals surface area contributed by atoms with Crippen LogP contribution in [0.4, 0.5) is 11.5 Å². The Morgan fingerprint density at radius 3 is 2.51 bits per heavy atom. The molecule has 4 rings (SSSR count). The summed E-state index contributed by atoms with van der Waals surface area (Å²) in [7, 11) is 0. The molecule has 0 spiro atoms. The second-order valence-electron chi connectivity index (χ2n) is 8.47. The van der Waals surface area contributed by atoms with Crippen LogP contribution in [0.1, 0.15) is 35.0 Å².